The molecule has 1 aliphatic rings. The lowest BCUT2D eigenvalue weighted by Gasteiger charge is -2.35. The summed E-state index contributed by atoms with van der Waals surface area (Å²) in [5.74, 6) is 0.117. The van der Waals surface area contributed by atoms with Gasteiger partial charge in [-0.05, 0) is 39.7 Å². The number of rotatable bonds is 8. The van der Waals surface area contributed by atoms with Crippen LogP contribution in [0.15, 0.2) is 0 Å². The molecule has 0 aromatic heterocycles. The number of amides is 1. The van der Waals surface area contributed by atoms with Crippen LogP contribution in [-0.2, 0) is 14.3 Å². The van der Waals surface area contributed by atoms with Crippen LogP contribution in [0.5, 0.6) is 0 Å². The molecule has 1 fully saturated rings. The lowest BCUT2D eigenvalue weighted by atomic mass is 9.77. The lowest BCUT2D eigenvalue weighted by molar-refractivity contribution is -0.146. The van der Waals surface area contributed by atoms with Gasteiger partial charge >= 0.3 is 0 Å². The van der Waals surface area contributed by atoms with Gasteiger partial charge in [-0.25, -0.2) is 0 Å². The summed E-state index contributed by atoms with van der Waals surface area (Å²) in [6.07, 6.45) is 2.53. The molecule has 1 rings (SSSR count). The SMILES string of the molecule is CCOC(CNC(=O)C1(CC)CCCNC1)OCC. The Kier molecular flexibility index (Phi) is 7.34. The topological polar surface area (TPSA) is 59.6 Å². The van der Waals surface area contributed by atoms with Crippen LogP contribution in [0.2, 0.25) is 0 Å². The fourth-order valence-corrected chi connectivity index (χ4v) is 2.53. The minimum atomic E-state index is -0.343. The van der Waals surface area contributed by atoms with Crippen molar-refractivity contribution in [1.29, 1.82) is 0 Å². The third kappa shape index (κ3) is 4.75. The minimum absolute atomic E-state index is 0.117. The van der Waals surface area contributed by atoms with E-state index in [0.717, 1.165) is 32.4 Å². The first kappa shape index (κ1) is 16.4. The van der Waals surface area contributed by atoms with Gasteiger partial charge in [0, 0.05) is 19.8 Å². The Morgan fingerprint density at radius 3 is 2.47 bits per heavy atom. The number of hydrogen-bond acceptors (Lipinski definition) is 4. The maximum absolute atomic E-state index is 12.4. The molecular weight excluding hydrogens is 244 g/mol. The van der Waals surface area contributed by atoms with E-state index in [-0.39, 0.29) is 17.6 Å². The molecule has 0 radical (unpaired) electrons. The molecule has 1 atom stereocenters. The molecule has 5 heteroatoms. The minimum Gasteiger partial charge on any atom is -0.351 e. The van der Waals surface area contributed by atoms with Gasteiger partial charge in [0.25, 0.3) is 0 Å². The zero-order valence-electron chi connectivity index (χ0n) is 12.5. The van der Waals surface area contributed by atoms with Crippen molar-refractivity contribution >= 4 is 5.91 Å². The van der Waals surface area contributed by atoms with Crippen LogP contribution >= 0.6 is 0 Å². The smallest absolute Gasteiger partial charge is 0.227 e. The van der Waals surface area contributed by atoms with Gasteiger partial charge in [0.15, 0.2) is 6.29 Å². The first-order chi connectivity index (χ1) is 9.18. The Balaban J connectivity index is 2.47. The van der Waals surface area contributed by atoms with Crippen LogP contribution in [0, 0.1) is 5.41 Å². The number of hydrogen-bond donors (Lipinski definition) is 2. The number of nitrogens with one attached hydrogen (secondary N) is 2. The molecule has 1 aliphatic heterocycles. The summed E-state index contributed by atoms with van der Waals surface area (Å²) in [7, 11) is 0. The molecular formula is C14H28N2O3. The van der Waals surface area contributed by atoms with Gasteiger partial charge < -0.3 is 20.1 Å². The Morgan fingerprint density at radius 1 is 1.32 bits per heavy atom. The van der Waals surface area contributed by atoms with E-state index < -0.39 is 0 Å². The Bertz CT molecular complexity index is 259. The molecule has 5 nitrogen and oxygen atoms in total. The summed E-state index contributed by atoms with van der Waals surface area (Å²) in [5.41, 5.74) is -0.263. The number of piperidine rings is 1. The van der Waals surface area contributed by atoms with Gasteiger partial charge in [0.2, 0.25) is 5.91 Å². The predicted octanol–water partition coefficient (Wildman–Crippen LogP) is 1.28. The molecule has 0 aliphatic carbocycles. The predicted molar refractivity (Wildman–Crippen MR) is 74.9 cm³/mol. The largest absolute Gasteiger partial charge is 0.351 e. The molecule has 0 bridgehead atoms. The standard InChI is InChI=1S/C14H28N2O3/c1-4-14(8-7-9-15-11-14)13(17)16-10-12(18-5-2)19-6-3/h12,15H,4-11H2,1-3H3,(H,16,17). The van der Waals surface area contributed by atoms with Gasteiger partial charge in [0.05, 0.1) is 12.0 Å². The van der Waals surface area contributed by atoms with Crippen LogP contribution in [0.4, 0.5) is 0 Å². The highest BCUT2D eigenvalue weighted by Gasteiger charge is 2.37. The Morgan fingerprint density at radius 2 is 2.00 bits per heavy atom. The zero-order valence-corrected chi connectivity index (χ0v) is 12.5. The van der Waals surface area contributed by atoms with Crippen molar-refractivity contribution in [2.45, 2.75) is 46.3 Å². The monoisotopic (exact) mass is 272 g/mol. The van der Waals surface area contributed by atoms with Crippen molar-refractivity contribution < 1.29 is 14.3 Å². The molecule has 2 N–H and O–H groups in total. The van der Waals surface area contributed by atoms with Gasteiger partial charge in [-0.3, -0.25) is 4.79 Å². The second kappa shape index (κ2) is 8.51. The fraction of sp³-hybridized carbons (Fsp3) is 0.929. The first-order valence-electron chi connectivity index (χ1n) is 7.40. The van der Waals surface area contributed by atoms with Crippen molar-refractivity contribution in [1.82, 2.24) is 10.6 Å². The second-order valence-corrected chi connectivity index (χ2v) is 4.96. The summed E-state index contributed by atoms with van der Waals surface area (Å²) in [5, 5.41) is 6.31. The summed E-state index contributed by atoms with van der Waals surface area (Å²) in [4.78, 5) is 12.4. The summed E-state index contributed by atoms with van der Waals surface area (Å²) < 4.78 is 10.9. The average molecular weight is 272 g/mol. The van der Waals surface area contributed by atoms with E-state index in [1.165, 1.54) is 0 Å². The van der Waals surface area contributed by atoms with E-state index in [1.54, 1.807) is 0 Å². The zero-order chi connectivity index (χ0) is 14.1. The number of carbonyl (C=O) groups is 1. The maximum Gasteiger partial charge on any atom is 0.227 e. The Hall–Kier alpha value is -0.650. The second-order valence-electron chi connectivity index (χ2n) is 4.96. The van der Waals surface area contributed by atoms with Crippen LogP contribution in [0.1, 0.15) is 40.0 Å². The van der Waals surface area contributed by atoms with E-state index in [2.05, 4.69) is 17.6 Å². The van der Waals surface area contributed by atoms with Crippen molar-refractivity contribution in [3.63, 3.8) is 0 Å². The molecule has 0 saturated carbocycles. The summed E-state index contributed by atoms with van der Waals surface area (Å²) in [6, 6.07) is 0. The molecule has 0 aromatic rings. The normalized spacial score (nSPS) is 23.6. The van der Waals surface area contributed by atoms with Crippen molar-refractivity contribution in [3.8, 4) is 0 Å². The van der Waals surface area contributed by atoms with Crippen molar-refractivity contribution in [2.24, 2.45) is 5.41 Å². The van der Waals surface area contributed by atoms with Gasteiger partial charge in [-0.15, -0.1) is 0 Å². The van der Waals surface area contributed by atoms with Crippen LogP contribution in [-0.4, -0.2) is 45.0 Å². The highest BCUT2D eigenvalue weighted by Crippen LogP contribution is 2.30. The van der Waals surface area contributed by atoms with Crippen LogP contribution in [0.3, 0.4) is 0 Å². The number of carbonyl (C=O) groups excluding carboxylic acids is 1. The van der Waals surface area contributed by atoms with Crippen LogP contribution in [0.25, 0.3) is 0 Å². The van der Waals surface area contributed by atoms with Gasteiger partial charge in [-0.2, -0.15) is 0 Å². The number of ether oxygens (including phenoxy) is 2. The highest BCUT2D eigenvalue weighted by atomic mass is 16.7. The molecule has 1 unspecified atom stereocenters. The molecule has 1 saturated heterocycles. The molecule has 112 valence electrons. The van der Waals surface area contributed by atoms with E-state index in [1.807, 2.05) is 13.8 Å². The maximum atomic E-state index is 12.4. The van der Waals surface area contributed by atoms with Gasteiger partial charge in [0.1, 0.15) is 0 Å². The third-order valence-corrected chi connectivity index (χ3v) is 3.77. The first-order valence-corrected chi connectivity index (χ1v) is 7.40. The highest BCUT2D eigenvalue weighted by molar-refractivity contribution is 5.83. The molecule has 1 amide bonds. The summed E-state index contributed by atoms with van der Waals surface area (Å²) in [6.45, 7) is 9.29. The van der Waals surface area contributed by atoms with E-state index in [9.17, 15) is 4.79 Å². The summed E-state index contributed by atoms with van der Waals surface area (Å²) >= 11 is 0. The average Bonchev–Trinajstić information content (AvgIpc) is 2.45. The Labute approximate surface area is 116 Å². The van der Waals surface area contributed by atoms with E-state index >= 15 is 0 Å². The fourth-order valence-electron chi connectivity index (χ4n) is 2.53. The lowest BCUT2D eigenvalue weighted by Crippen LogP contribution is -2.51. The van der Waals surface area contributed by atoms with Crippen molar-refractivity contribution in [2.75, 3.05) is 32.8 Å². The van der Waals surface area contributed by atoms with Crippen LogP contribution < -0.4 is 10.6 Å². The third-order valence-electron chi connectivity index (χ3n) is 3.77. The molecule has 1 heterocycles. The van der Waals surface area contributed by atoms with Gasteiger partial charge in [-0.1, -0.05) is 6.92 Å². The van der Waals surface area contributed by atoms with E-state index in [4.69, 9.17) is 9.47 Å². The molecule has 0 aromatic carbocycles. The molecule has 0 spiro atoms. The molecule has 19 heavy (non-hydrogen) atoms. The quantitative estimate of drug-likeness (QED) is 0.654. The van der Waals surface area contributed by atoms with E-state index in [0.29, 0.717) is 19.8 Å². The van der Waals surface area contributed by atoms with Crippen molar-refractivity contribution in [3.05, 3.63) is 0 Å².